The van der Waals surface area contributed by atoms with Crippen LogP contribution in [-0.2, 0) is 0 Å². The Morgan fingerprint density at radius 2 is 2.42 bits per heavy atom. The molecule has 1 aromatic heterocycles. The topological polar surface area (TPSA) is 88.2 Å². The van der Waals surface area contributed by atoms with Gasteiger partial charge in [-0.15, -0.1) is 0 Å². The molecular formula is C7H9N3O2. The lowest BCUT2D eigenvalue weighted by Crippen LogP contribution is -2.04. The maximum Gasteiger partial charge on any atom is 0.339 e. The molecule has 64 valence electrons. The highest BCUT2D eigenvalue weighted by molar-refractivity contribution is 5.93. The number of nitrogens with one attached hydrogen (secondary N) is 1. The number of carboxylic acids is 1. The van der Waals surface area contributed by atoms with E-state index in [1.54, 1.807) is 7.05 Å². The van der Waals surface area contributed by atoms with Crippen molar-refractivity contribution in [3.8, 4) is 0 Å². The van der Waals surface area contributed by atoms with Gasteiger partial charge in [0.2, 0.25) is 0 Å². The number of hydrogen-bond acceptors (Lipinski definition) is 4. The van der Waals surface area contributed by atoms with Crippen molar-refractivity contribution in [3.63, 3.8) is 0 Å². The average molecular weight is 167 g/mol. The Morgan fingerprint density at radius 3 is 2.83 bits per heavy atom. The molecule has 0 radical (unpaired) electrons. The number of anilines is 2. The van der Waals surface area contributed by atoms with Crippen LogP contribution < -0.4 is 11.1 Å². The molecule has 0 atom stereocenters. The first kappa shape index (κ1) is 8.32. The van der Waals surface area contributed by atoms with Crippen molar-refractivity contribution in [3.05, 3.63) is 17.8 Å². The van der Waals surface area contributed by atoms with Gasteiger partial charge in [-0.25, -0.2) is 9.78 Å². The summed E-state index contributed by atoms with van der Waals surface area (Å²) in [5, 5.41) is 11.3. The van der Waals surface area contributed by atoms with E-state index in [1.165, 1.54) is 12.3 Å². The van der Waals surface area contributed by atoms with Gasteiger partial charge in [0.1, 0.15) is 11.4 Å². The van der Waals surface area contributed by atoms with Gasteiger partial charge < -0.3 is 16.2 Å². The molecule has 0 aliphatic rings. The Balaban J connectivity index is 3.12. The zero-order chi connectivity index (χ0) is 9.14. The number of pyridine rings is 1. The van der Waals surface area contributed by atoms with Crippen LogP contribution in [0.3, 0.4) is 0 Å². The van der Waals surface area contributed by atoms with Crippen LogP contribution in [0.2, 0.25) is 0 Å². The van der Waals surface area contributed by atoms with Crippen LogP contribution in [0.5, 0.6) is 0 Å². The van der Waals surface area contributed by atoms with Gasteiger partial charge in [-0.1, -0.05) is 0 Å². The van der Waals surface area contributed by atoms with E-state index in [2.05, 4.69) is 10.3 Å². The molecule has 0 aromatic carbocycles. The van der Waals surface area contributed by atoms with E-state index >= 15 is 0 Å². The average Bonchev–Trinajstić information content (AvgIpc) is 2.03. The van der Waals surface area contributed by atoms with Gasteiger partial charge in [0.25, 0.3) is 0 Å². The Morgan fingerprint density at radius 1 is 1.75 bits per heavy atom. The minimum atomic E-state index is -1.07. The van der Waals surface area contributed by atoms with Crippen LogP contribution in [0.1, 0.15) is 10.4 Å². The highest BCUT2D eigenvalue weighted by atomic mass is 16.4. The van der Waals surface area contributed by atoms with Gasteiger partial charge in [0.15, 0.2) is 0 Å². The quantitative estimate of drug-likeness (QED) is 0.593. The maximum atomic E-state index is 10.5. The number of aromatic carboxylic acids is 1. The minimum absolute atomic E-state index is 0.0222. The zero-order valence-electron chi connectivity index (χ0n) is 6.53. The first-order valence-electron chi connectivity index (χ1n) is 3.31. The number of rotatable bonds is 2. The summed E-state index contributed by atoms with van der Waals surface area (Å²) in [5.41, 5.74) is 5.67. The van der Waals surface area contributed by atoms with E-state index in [4.69, 9.17) is 10.8 Å². The van der Waals surface area contributed by atoms with E-state index in [0.29, 0.717) is 5.82 Å². The van der Waals surface area contributed by atoms with Crippen LogP contribution in [0.4, 0.5) is 11.5 Å². The smallest absolute Gasteiger partial charge is 0.339 e. The highest BCUT2D eigenvalue weighted by Crippen LogP contribution is 2.13. The molecule has 0 saturated carbocycles. The van der Waals surface area contributed by atoms with Gasteiger partial charge in [-0.3, -0.25) is 0 Å². The molecule has 12 heavy (non-hydrogen) atoms. The van der Waals surface area contributed by atoms with E-state index in [1.807, 2.05) is 0 Å². The van der Waals surface area contributed by atoms with E-state index in [9.17, 15) is 4.79 Å². The summed E-state index contributed by atoms with van der Waals surface area (Å²) in [6, 6.07) is 1.48. The fraction of sp³-hybridized carbons (Fsp3) is 0.143. The molecule has 1 heterocycles. The second kappa shape index (κ2) is 3.08. The number of aromatic nitrogens is 1. The summed E-state index contributed by atoms with van der Waals surface area (Å²) < 4.78 is 0. The molecular weight excluding hydrogens is 158 g/mol. The van der Waals surface area contributed by atoms with Crippen LogP contribution in [0, 0.1) is 0 Å². The second-order valence-electron chi connectivity index (χ2n) is 2.21. The summed E-state index contributed by atoms with van der Waals surface area (Å²) in [4.78, 5) is 14.3. The van der Waals surface area contributed by atoms with Crippen molar-refractivity contribution in [1.29, 1.82) is 0 Å². The molecule has 0 amide bonds. The monoisotopic (exact) mass is 167 g/mol. The van der Waals surface area contributed by atoms with Crippen molar-refractivity contribution >= 4 is 17.5 Å². The summed E-state index contributed by atoms with van der Waals surface area (Å²) in [6.45, 7) is 0. The highest BCUT2D eigenvalue weighted by Gasteiger charge is 2.07. The number of carboxylic acid groups (broad SMARTS) is 1. The van der Waals surface area contributed by atoms with Crippen LogP contribution >= 0.6 is 0 Å². The molecule has 1 aromatic rings. The lowest BCUT2D eigenvalue weighted by Gasteiger charge is -2.02. The molecule has 0 spiro atoms. The number of nitrogens with two attached hydrogens (primary N) is 1. The number of hydrogen-bond donors (Lipinski definition) is 3. The third kappa shape index (κ3) is 1.45. The van der Waals surface area contributed by atoms with Crippen molar-refractivity contribution in [2.75, 3.05) is 18.1 Å². The lowest BCUT2D eigenvalue weighted by atomic mass is 10.2. The molecule has 5 heteroatoms. The molecule has 0 saturated heterocycles. The Hall–Kier alpha value is -1.78. The van der Waals surface area contributed by atoms with E-state index in [-0.39, 0.29) is 11.3 Å². The fourth-order valence-electron chi connectivity index (χ4n) is 0.786. The Bertz CT molecular complexity index is 312. The van der Waals surface area contributed by atoms with Crippen molar-refractivity contribution in [2.24, 2.45) is 0 Å². The van der Waals surface area contributed by atoms with Gasteiger partial charge in [-0.2, -0.15) is 0 Å². The third-order valence-electron chi connectivity index (χ3n) is 1.42. The maximum absolute atomic E-state index is 10.5. The molecule has 1 rings (SSSR count). The van der Waals surface area contributed by atoms with Crippen LogP contribution in [0.25, 0.3) is 0 Å². The first-order chi connectivity index (χ1) is 5.65. The van der Waals surface area contributed by atoms with Gasteiger partial charge in [0.05, 0.1) is 5.69 Å². The van der Waals surface area contributed by atoms with Crippen molar-refractivity contribution in [1.82, 2.24) is 4.98 Å². The molecule has 0 unspecified atom stereocenters. The standard InChI is InChI=1S/C7H9N3O2/c1-9-6-2-5(8)4(3-10-6)7(11)12/h2-3H,1H3,(H,11,12)(H3,8,9,10). The Kier molecular flexibility index (Phi) is 2.14. The first-order valence-corrected chi connectivity index (χ1v) is 3.31. The van der Waals surface area contributed by atoms with Crippen LogP contribution in [-0.4, -0.2) is 23.1 Å². The number of nitrogen functional groups attached to an aromatic ring is 1. The number of carbonyl (C=O) groups is 1. The van der Waals surface area contributed by atoms with E-state index < -0.39 is 5.97 Å². The second-order valence-corrected chi connectivity index (χ2v) is 2.21. The van der Waals surface area contributed by atoms with Gasteiger partial charge in [-0.05, 0) is 0 Å². The predicted molar refractivity (Wildman–Crippen MR) is 45.2 cm³/mol. The van der Waals surface area contributed by atoms with E-state index in [0.717, 1.165) is 0 Å². The summed E-state index contributed by atoms with van der Waals surface area (Å²) in [5.74, 6) is -0.514. The molecule has 0 aliphatic carbocycles. The molecule has 0 aliphatic heterocycles. The molecule has 0 bridgehead atoms. The van der Waals surface area contributed by atoms with Crippen LogP contribution in [0.15, 0.2) is 12.3 Å². The fourth-order valence-corrected chi connectivity index (χ4v) is 0.786. The largest absolute Gasteiger partial charge is 0.478 e. The van der Waals surface area contributed by atoms with Gasteiger partial charge in [0, 0.05) is 19.3 Å². The summed E-state index contributed by atoms with van der Waals surface area (Å²) >= 11 is 0. The predicted octanol–water partition coefficient (Wildman–Crippen LogP) is 0.404. The zero-order valence-corrected chi connectivity index (χ0v) is 6.53. The normalized spacial score (nSPS) is 9.42. The molecule has 5 nitrogen and oxygen atoms in total. The minimum Gasteiger partial charge on any atom is -0.478 e. The SMILES string of the molecule is CNc1cc(N)c(C(=O)O)cn1. The summed E-state index contributed by atoms with van der Waals surface area (Å²) in [7, 11) is 1.68. The summed E-state index contributed by atoms with van der Waals surface area (Å²) in [6.07, 6.45) is 1.23. The van der Waals surface area contributed by atoms with Crippen molar-refractivity contribution in [2.45, 2.75) is 0 Å². The molecule has 0 fully saturated rings. The Labute approximate surface area is 69.2 Å². The third-order valence-corrected chi connectivity index (χ3v) is 1.42. The lowest BCUT2D eigenvalue weighted by molar-refractivity contribution is 0.0697. The molecule has 4 N–H and O–H groups in total. The van der Waals surface area contributed by atoms with Gasteiger partial charge >= 0.3 is 5.97 Å². The van der Waals surface area contributed by atoms with Crippen molar-refractivity contribution < 1.29 is 9.90 Å². The number of nitrogens with zero attached hydrogens (tertiary/aromatic N) is 1.